The van der Waals surface area contributed by atoms with Crippen molar-refractivity contribution in [1.82, 2.24) is 15.6 Å². The van der Waals surface area contributed by atoms with Crippen molar-refractivity contribution in [2.45, 2.75) is 45.8 Å². The molecule has 0 saturated carbocycles. The second-order valence-electron chi connectivity index (χ2n) is 6.23. The number of aromatic nitrogens is 1. The predicted octanol–water partition coefficient (Wildman–Crippen LogP) is 1.94. The van der Waals surface area contributed by atoms with Crippen LogP contribution in [-0.2, 0) is 11.3 Å². The minimum Gasteiger partial charge on any atom is -0.496 e. The second kappa shape index (κ2) is 7.64. The highest BCUT2D eigenvalue weighted by molar-refractivity contribution is 5.79. The van der Waals surface area contributed by atoms with E-state index in [-0.39, 0.29) is 5.60 Å². The van der Waals surface area contributed by atoms with Crippen molar-refractivity contribution in [3.8, 4) is 5.75 Å². The number of rotatable bonds is 5. The van der Waals surface area contributed by atoms with Crippen LogP contribution in [0, 0.1) is 13.8 Å². The molecule has 0 aliphatic carbocycles. The average molecular weight is 320 g/mol. The van der Waals surface area contributed by atoms with Crippen LogP contribution in [0.2, 0.25) is 0 Å². The summed E-state index contributed by atoms with van der Waals surface area (Å²) in [5.74, 6) is 1.65. The SMILES string of the molecule is CN=C(NCc1ncc(C)c(OC)c1C)NCC1(C)CCCO1. The van der Waals surface area contributed by atoms with Crippen molar-refractivity contribution < 1.29 is 9.47 Å². The van der Waals surface area contributed by atoms with Crippen LogP contribution in [0.25, 0.3) is 0 Å². The number of hydrogen-bond donors (Lipinski definition) is 2. The fraction of sp³-hybridized carbons (Fsp3) is 0.647. The molecule has 1 saturated heterocycles. The van der Waals surface area contributed by atoms with E-state index in [4.69, 9.17) is 9.47 Å². The molecule has 128 valence electrons. The number of nitrogens with one attached hydrogen (secondary N) is 2. The molecule has 6 heteroatoms. The maximum Gasteiger partial charge on any atom is 0.191 e. The molecule has 2 heterocycles. The lowest BCUT2D eigenvalue weighted by Crippen LogP contribution is -2.45. The Labute approximate surface area is 138 Å². The number of nitrogens with zero attached hydrogens (tertiary/aromatic N) is 2. The van der Waals surface area contributed by atoms with Crippen LogP contribution >= 0.6 is 0 Å². The third-order valence-corrected chi connectivity index (χ3v) is 4.33. The van der Waals surface area contributed by atoms with Crippen molar-refractivity contribution in [3.63, 3.8) is 0 Å². The Hall–Kier alpha value is -1.82. The highest BCUT2D eigenvalue weighted by atomic mass is 16.5. The van der Waals surface area contributed by atoms with Gasteiger partial charge in [-0.1, -0.05) is 0 Å². The first-order valence-corrected chi connectivity index (χ1v) is 8.06. The summed E-state index contributed by atoms with van der Waals surface area (Å²) in [6.45, 7) is 8.35. The Morgan fingerprint density at radius 1 is 1.43 bits per heavy atom. The number of methoxy groups -OCH3 is 1. The van der Waals surface area contributed by atoms with Gasteiger partial charge in [-0.25, -0.2) is 0 Å². The Bertz CT molecular complexity index is 566. The second-order valence-corrected chi connectivity index (χ2v) is 6.23. The number of aliphatic imine (C=N–C) groups is 1. The van der Waals surface area contributed by atoms with Gasteiger partial charge in [0.25, 0.3) is 0 Å². The van der Waals surface area contributed by atoms with Crippen LogP contribution in [0.4, 0.5) is 0 Å². The van der Waals surface area contributed by atoms with Gasteiger partial charge >= 0.3 is 0 Å². The third-order valence-electron chi connectivity index (χ3n) is 4.33. The van der Waals surface area contributed by atoms with Gasteiger partial charge in [-0.15, -0.1) is 0 Å². The highest BCUT2D eigenvalue weighted by Crippen LogP contribution is 2.24. The van der Waals surface area contributed by atoms with E-state index in [0.29, 0.717) is 6.54 Å². The molecule has 0 aromatic carbocycles. The minimum absolute atomic E-state index is 0.0983. The topological polar surface area (TPSA) is 67.8 Å². The van der Waals surface area contributed by atoms with E-state index in [1.165, 1.54) is 0 Å². The standard InChI is InChI=1S/C17H28N4O2/c1-12-9-19-14(13(2)15(12)22-5)10-20-16(18-4)21-11-17(3)7-6-8-23-17/h9H,6-8,10-11H2,1-5H3,(H2,18,20,21). The van der Waals surface area contributed by atoms with Crippen LogP contribution in [0.1, 0.15) is 36.6 Å². The van der Waals surface area contributed by atoms with Crippen LogP contribution < -0.4 is 15.4 Å². The summed E-state index contributed by atoms with van der Waals surface area (Å²) >= 11 is 0. The predicted molar refractivity (Wildman–Crippen MR) is 92.1 cm³/mol. The van der Waals surface area contributed by atoms with Gasteiger partial charge in [0, 0.05) is 37.5 Å². The quantitative estimate of drug-likeness (QED) is 0.641. The van der Waals surface area contributed by atoms with E-state index < -0.39 is 0 Å². The summed E-state index contributed by atoms with van der Waals surface area (Å²) in [5, 5.41) is 6.64. The normalized spacial score (nSPS) is 21.3. The zero-order chi connectivity index (χ0) is 16.9. The van der Waals surface area contributed by atoms with E-state index in [1.807, 2.05) is 20.0 Å². The monoisotopic (exact) mass is 320 g/mol. The molecule has 1 atom stereocenters. The first-order valence-electron chi connectivity index (χ1n) is 8.06. The largest absolute Gasteiger partial charge is 0.496 e. The molecule has 1 aromatic rings. The first-order chi connectivity index (χ1) is 11.0. The van der Waals surface area contributed by atoms with Gasteiger partial charge in [-0.2, -0.15) is 0 Å². The molecule has 1 unspecified atom stereocenters. The van der Waals surface area contributed by atoms with Gasteiger partial charge in [0.2, 0.25) is 0 Å². The van der Waals surface area contributed by atoms with Crippen LogP contribution in [0.3, 0.4) is 0 Å². The van der Waals surface area contributed by atoms with E-state index in [1.54, 1.807) is 14.2 Å². The van der Waals surface area contributed by atoms with Crippen LogP contribution in [0.15, 0.2) is 11.2 Å². The Morgan fingerprint density at radius 2 is 2.22 bits per heavy atom. The number of ether oxygens (including phenoxy) is 2. The van der Waals surface area contributed by atoms with E-state index in [2.05, 4.69) is 27.5 Å². The number of guanidine groups is 1. The molecule has 2 rings (SSSR count). The van der Waals surface area contributed by atoms with E-state index in [9.17, 15) is 0 Å². The summed E-state index contributed by atoms with van der Waals surface area (Å²) in [6, 6.07) is 0. The molecule has 23 heavy (non-hydrogen) atoms. The smallest absolute Gasteiger partial charge is 0.191 e. The molecule has 1 fully saturated rings. The molecule has 2 N–H and O–H groups in total. The zero-order valence-electron chi connectivity index (χ0n) is 14.8. The molecule has 6 nitrogen and oxygen atoms in total. The lowest BCUT2D eigenvalue weighted by atomic mass is 10.0. The van der Waals surface area contributed by atoms with Crippen molar-refractivity contribution in [2.75, 3.05) is 27.3 Å². The van der Waals surface area contributed by atoms with Gasteiger partial charge in [0.15, 0.2) is 5.96 Å². The maximum atomic E-state index is 5.79. The number of aryl methyl sites for hydroxylation is 1. The fourth-order valence-corrected chi connectivity index (χ4v) is 2.88. The van der Waals surface area contributed by atoms with Gasteiger partial charge in [0.05, 0.1) is 24.9 Å². The number of hydrogen-bond acceptors (Lipinski definition) is 4. The molecular formula is C17H28N4O2. The maximum absolute atomic E-state index is 5.79. The molecule has 0 amide bonds. The number of pyridine rings is 1. The summed E-state index contributed by atoms with van der Waals surface area (Å²) in [6.07, 6.45) is 4.04. The summed E-state index contributed by atoms with van der Waals surface area (Å²) in [5.41, 5.74) is 2.96. The molecule has 0 radical (unpaired) electrons. The molecule has 1 aliphatic heterocycles. The van der Waals surface area contributed by atoms with Crippen LogP contribution in [0.5, 0.6) is 5.75 Å². The fourth-order valence-electron chi connectivity index (χ4n) is 2.88. The summed E-state index contributed by atoms with van der Waals surface area (Å²) < 4.78 is 11.2. The van der Waals surface area contributed by atoms with Gasteiger partial charge in [0.1, 0.15) is 5.75 Å². The summed E-state index contributed by atoms with van der Waals surface area (Å²) in [7, 11) is 3.46. The van der Waals surface area contributed by atoms with Gasteiger partial charge < -0.3 is 20.1 Å². The zero-order valence-corrected chi connectivity index (χ0v) is 14.8. The Morgan fingerprint density at radius 3 is 2.83 bits per heavy atom. The summed E-state index contributed by atoms with van der Waals surface area (Å²) in [4.78, 5) is 8.76. The Kier molecular flexibility index (Phi) is 5.82. The van der Waals surface area contributed by atoms with Crippen molar-refractivity contribution >= 4 is 5.96 Å². The lowest BCUT2D eigenvalue weighted by Gasteiger charge is -2.24. The van der Waals surface area contributed by atoms with Crippen molar-refractivity contribution in [2.24, 2.45) is 4.99 Å². The van der Waals surface area contributed by atoms with Crippen molar-refractivity contribution in [3.05, 3.63) is 23.0 Å². The average Bonchev–Trinajstić information content (AvgIpc) is 2.97. The van der Waals surface area contributed by atoms with E-state index in [0.717, 1.165) is 54.5 Å². The van der Waals surface area contributed by atoms with Gasteiger partial charge in [-0.05, 0) is 33.6 Å². The minimum atomic E-state index is -0.0983. The van der Waals surface area contributed by atoms with E-state index >= 15 is 0 Å². The molecule has 0 bridgehead atoms. The highest BCUT2D eigenvalue weighted by Gasteiger charge is 2.29. The molecule has 0 spiro atoms. The Balaban J connectivity index is 1.93. The molecule has 1 aliphatic rings. The third kappa shape index (κ3) is 4.34. The molecule has 1 aromatic heterocycles. The van der Waals surface area contributed by atoms with Gasteiger partial charge in [-0.3, -0.25) is 9.98 Å². The molecular weight excluding hydrogens is 292 g/mol. The lowest BCUT2D eigenvalue weighted by molar-refractivity contribution is 0.0243. The van der Waals surface area contributed by atoms with Crippen molar-refractivity contribution in [1.29, 1.82) is 0 Å². The first kappa shape index (κ1) is 17.5. The van der Waals surface area contributed by atoms with Crippen LogP contribution in [-0.4, -0.2) is 43.9 Å².